The molecule has 1 heteroatoms. The summed E-state index contributed by atoms with van der Waals surface area (Å²) in [6.45, 7) is 4.39. The van der Waals surface area contributed by atoms with E-state index in [4.69, 9.17) is 0 Å². The molecule has 0 saturated heterocycles. The van der Waals surface area contributed by atoms with Crippen LogP contribution in [0.3, 0.4) is 0 Å². The van der Waals surface area contributed by atoms with Crippen LogP contribution in [0, 0.1) is 0 Å². The first-order chi connectivity index (χ1) is 6.29. The highest BCUT2D eigenvalue weighted by Gasteiger charge is 2.01. The van der Waals surface area contributed by atoms with Crippen molar-refractivity contribution < 1.29 is 0 Å². The second-order valence-electron chi connectivity index (χ2n) is 2.99. The summed E-state index contributed by atoms with van der Waals surface area (Å²) in [6, 6.07) is 10.4. The van der Waals surface area contributed by atoms with Crippen LogP contribution in [-0.2, 0) is 0 Å². The number of hydrogen-bond donors (Lipinski definition) is 0. The predicted molar refractivity (Wildman–Crippen MR) is 62.9 cm³/mol. The van der Waals surface area contributed by atoms with Gasteiger partial charge in [0.15, 0.2) is 0 Å². The molecule has 0 heterocycles. The van der Waals surface area contributed by atoms with Crippen molar-refractivity contribution in [2.24, 2.45) is 0 Å². The molecule has 1 aromatic rings. The van der Waals surface area contributed by atoms with E-state index in [0.717, 1.165) is 12.8 Å². The minimum Gasteiger partial charge on any atom is -0.0622 e. The van der Waals surface area contributed by atoms with E-state index in [1.807, 2.05) is 6.07 Å². The Balaban J connectivity index is 3.01. The van der Waals surface area contributed by atoms with Crippen molar-refractivity contribution in [2.75, 3.05) is 0 Å². The fourth-order valence-corrected chi connectivity index (χ4v) is 2.17. The molecule has 1 rings (SSSR count). The van der Waals surface area contributed by atoms with Gasteiger partial charge in [-0.3, -0.25) is 0 Å². The standard InChI is InChI=1S/C12H15Br/c1-3-10(4-2)12(13)11-8-6-5-7-9-11/h5-9H,3-4H2,1-2H3. The molecule has 0 atom stereocenters. The molecule has 0 unspecified atom stereocenters. The third-order valence-corrected chi connectivity index (χ3v) is 3.21. The van der Waals surface area contributed by atoms with Gasteiger partial charge in [0.25, 0.3) is 0 Å². The van der Waals surface area contributed by atoms with E-state index in [9.17, 15) is 0 Å². The highest BCUT2D eigenvalue weighted by molar-refractivity contribution is 9.15. The fraction of sp³-hybridized carbons (Fsp3) is 0.333. The van der Waals surface area contributed by atoms with Crippen molar-refractivity contribution in [2.45, 2.75) is 26.7 Å². The zero-order valence-corrected chi connectivity index (χ0v) is 9.76. The van der Waals surface area contributed by atoms with E-state index < -0.39 is 0 Å². The van der Waals surface area contributed by atoms with E-state index >= 15 is 0 Å². The Kier molecular flexibility index (Phi) is 4.23. The second kappa shape index (κ2) is 5.23. The topological polar surface area (TPSA) is 0 Å². The zero-order chi connectivity index (χ0) is 9.68. The van der Waals surface area contributed by atoms with E-state index in [1.54, 1.807) is 0 Å². The Bertz CT molecular complexity index is 279. The molecule has 0 saturated carbocycles. The Morgan fingerprint density at radius 1 is 1.08 bits per heavy atom. The summed E-state index contributed by atoms with van der Waals surface area (Å²) in [4.78, 5) is 0. The molecule has 70 valence electrons. The molecule has 0 aliphatic rings. The maximum absolute atomic E-state index is 3.65. The molecule has 0 aromatic heterocycles. The summed E-state index contributed by atoms with van der Waals surface area (Å²) in [5, 5.41) is 0. The molecule has 0 aliphatic carbocycles. The van der Waals surface area contributed by atoms with Crippen molar-refractivity contribution in [1.82, 2.24) is 0 Å². The first-order valence-corrected chi connectivity index (χ1v) is 5.51. The first kappa shape index (κ1) is 10.5. The van der Waals surface area contributed by atoms with E-state index in [2.05, 4.69) is 54.0 Å². The van der Waals surface area contributed by atoms with Gasteiger partial charge in [-0.05, 0) is 18.4 Å². The lowest BCUT2D eigenvalue weighted by atomic mass is 10.1. The molecule has 0 aliphatic heterocycles. The summed E-state index contributed by atoms with van der Waals surface area (Å²) in [5.41, 5.74) is 2.76. The number of halogens is 1. The maximum atomic E-state index is 3.65. The average molecular weight is 239 g/mol. The van der Waals surface area contributed by atoms with Crippen molar-refractivity contribution in [3.63, 3.8) is 0 Å². The van der Waals surface area contributed by atoms with Crippen LogP contribution in [0.4, 0.5) is 0 Å². The summed E-state index contributed by atoms with van der Waals surface area (Å²) >= 11 is 3.65. The monoisotopic (exact) mass is 238 g/mol. The van der Waals surface area contributed by atoms with Crippen LogP contribution in [0.15, 0.2) is 35.9 Å². The SMILES string of the molecule is CCC(CC)=C(Br)c1ccccc1. The van der Waals surface area contributed by atoms with Crippen molar-refractivity contribution >= 4 is 20.4 Å². The van der Waals surface area contributed by atoms with Gasteiger partial charge < -0.3 is 0 Å². The van der Waals surface area contributed by atoms with Gasteiger partial charge in [-0.15, -0.1) is 0 Å². The third kappa shape index (κ3) is 2.70. The molecule has 0 N–H and O–H groups in total. The summed E-state index contributed by atoms with van der Waals surface area (Å²) in [5.74, 6) is 0. The Hall–Kier alpha value is -0.560. The molecular formula is C12H15Br. The molecule has 0 nitrogen and oxygen atoms in total. The molecule has 0 spiro atoms. The van der Waals surface area contributed by atoms with Crippen LogP contribution in [0.2, 0.25) is 0 Å². The quantitative estimate of drug-likeness (QED) is 0.722. The highest BCUT2D eigenvalue weighted by atomic mass is 79.9. The second-order valence-corrected chi connectivity index (χ2v) is 3.78. The number of benzene rings is 1. The summed E-state index contributed by atoms with van der Waals surface area (Å²) in [6.07, 6.45) is 2.23. The van der Waals surface area contributed by atoms with Gasteiger partial charge >= 0.3 is 0 Å². The lowest BCUT2D eigenvalue weighted by molar-refractivity contribution is 0.988. The molecular weight excluding hydrogens is 224 g/mol. The largest absolute Gasteiger partial charge is 0.0622 e. The molecule has 13 heavy (non-hydrogen) atoms. The number of hydrogen-bond acceptors (Lipinski definition) is 0. The van der Waals surface area contributed by atoms with Crippen molar-refractivity contribution in [3.8, 4) is 0 Å². The number of allylic oxidation sites excluding steroid dienone is 1. The van der Waals surface area contributed by atoms with Gasteiger partial charge in [0, 0.05) is 4.48 Å². The molecule has 0 radical (unpaired) electrons. The third-order valence-electron chi connectivity index (χ3n) is 2.19. The lowest BCUT2D eigenvalue weighted by Crippen LogP contribution is -1.83. The van der Waals surface area contributed by atoms with E-state index in [0.29, 0.717) is 0 Å². The minimum atomic E-state index is 1.12. The van der Waals surface area contributed by atoms with Crippen molar-refractivity contribution in [1.29, 1.82) is 0 Å². The van der Waals surface area contributed by atoms with Gasteiger partial charge in [0.2, 0.25) is 0 Å². The highest BCUT2D eigenvalue weighted by Crippen LogP contribution is 2.28. The van der Waals surface area contributed by atoms with Crippen LogP contribution in [0.25, 0.3) is 4.48 Å². The summed E-state index contributed by atoms with van der Waals surface area (Å²) < 4.78 is 1.26. The van der Waals surface area contributed by atoms with Crippen molar-refractivity contribution in [3.05, 3.63) is 41.5 Å². The maximum Gasteiger partial charge on any atom is 0.0239 e. The summed E-state index contributed by atoms with van der Waals surface area (Å²) in [7, 11) is 0. The minimum absolute atomic E-state index is 1.12. The van der Waals surface area contributed by atoms with Crippen LogP contribution in [-0.4, -0.2) is 0 Å². The average Bonchev–Trinajstić information content (AvgIpc) is 2.21. The smallest absolute Gasteiger partial charge is 0.0239 e. The first-order valence-electron chi connectivity index (χ1n) is 4.72. The van der Waals surface area contributed by atoms with Gasteiger partial charge in [-0.25, -0.2) is 0 Å². The van der Waals surface area contributed by atoms with E-state index in [1.165, 1.54) is 15.6 Å². The Labute approximate surface area is 88.8 Å². The van der Waals surface area contributed by atoms with Crippen LogP contribution in [0.5, 0.6) is 0 Å². The van der Waals surface area contributed by atoms with Gasteiger partial charge in [-0.2, -0.15) is 0 Å². The van der Waals surface area contributed by atoms with E-state index in [-0.39, 0.29) is 0 Å². The molecule has 1 aromatic carbocycles. The fourth-order valence-electron chi connectivity index (χ4n) is 1.35. The molecule has 0 amide bonds. The van der Waals surface area contributed by atoms with Crippen LogP contribution < -0.4 is 0 Å². The lowest BCUT2D eigenvalue weighted by Gasteiger charge is -2.06. The van der Waals surface area contributed by atoms with Crippen LogP contribution in [0.1, 0.15) is 32.3 Å². The number of rotatable bonds is 3. The molecule has 0 bridgehead atoms. The van der Waals surface area contributed by atoms with Crippen LogP contribution >= 0.6 is 15.9 Å². The zero-order valence-electron chi connectivity index (χ0n) is 8.18. The Morgan fingerprint density at radius 2 is 1.62 bits per heavy atom. The predicted octanol–water partition coefficient (Wildman–Crippen LogP) is 4.61. The van der Waals surface area contributed by atoms with Gasteiger partial charge in [0.05, 0.1) is 0 Å². The Morgan fingerprint density at radius 3 is 2.08 bits per heavy atom. The van der Waals surface area contributed by atoms with Gasteiger partial charge in [-0.1, -0.05) is 65.7 Å². The molecule has 0 fully saturated rings. The normalized spacial score (nSPS) is 9.77. The van der Waals surface area contributed by atoms with Gasteiger partial charge in [0.1, 0.15) is 0 Å².